The monoisotopic (exact) mass is 250 g/mol. The Hall–Kier alpha value is -1.49. The maximum absolute atomic E-state index is 5.71. The van der Waals surface area contributed by atoms with Gasteiger partial charge in [-0.2, -0.15) is 11.8 Å². The number of thioether (sulfide) groups is 1. The van der Waals surface area contributed by atoms with Crippen LogP contribution >= 0.6 is 11.8 Å². The summed E-state index contributed by atoms with van der Waals surface area (Å²) in [5.74, 6) is 3.36. The lowest BCUT2D eigenvalue weighted by Crippen LogP contribution is -2.01. The maximum atomic E-state index is 5.71. The fourth-order valence-corrected chi connectivity index (χ4v) is 1.90. The third-order valence-electron chi connectivity index (χ3n) is 2.17. The molecule has 2 rings (SSSR count). The quantitative estimate of drug-likeness (QED) is 0.738. The fraction of sp³-hybridized carbons (Fsp3) is 0.333. The summed E-state index contributed by atoms with van der Waals surface area (Å²) < 4.78 is 10.9. The fourth-order valence-electron chi connectivity index (χ4n) is 1.41. The number of ether oxygens (including phenoxy) is 1. The van der Waals surface area contributed by atoms with Gasteiger partial charge in [-0.25, -0.2) is 0 Å². The molecule has 0 amide bonds. The lowest BCUT2D eigenvalue weighted by Gasteiger charge is -2.08. The van der Waals surface area contributed by atoms with E-state index < -0.39 is 0 Å². The van der Waals surface area contributed by atoms with Crippen molar-refractivity contribution in [3.63, 3.8) is 0 Å². The molecule has 0 radical (unpaired) electrons. The number of para-hydroxylation sites is 1. The van der Waals surface area contributed by atoms with E-state index in [2.05, 4.69) is 17.1 Å². The van der Waals surface area contributed by atoms with Crippen molar-refractivity contribution in [3.8, 4) is 17.2 Å². The van der Waals surface area contributed by atoms with E-state index in [-0.39, 0.29) is 0 Å². The first-order chi connectivity index (χ1) is 8.42. The van der Waals surface area contributed by atoms with Gasteiger partial charge >= 0.3 is 0 Å². The zero-order chi connectivity index (χ0) is 11.9. The molecule has 0 saturated heterocycles. The topological polar surface area (TPSA) is 48.2 Å². The van der Waals surface area contributed by atoms with Crippen molar-refractivity contribution in [1.82, 2.24) is 10.2 Å². The van der Waals surface area contributed by atoms with Crippen LogP contribution in [0.3, 0.4) is 0 Å². The molecular weight excluding hydrogens is 236 g/mol. The Labute approximate surface area is 104 Å². The Balaban J connectivity index is 2.06. The van der Waals surface area contributed by atoms with Gasteiger partial charge in [-0.05, 0) is 17.9 Å². The van der Waals surface area contributed by atoms with E-state index in [4.69, 9.17) is 9.15 Å². The van der Waals surface area contributed by atoms with E-state index in [1.807, 2.05) is 36.0 Å². The summed E-state index contributed by atoms with van der Waals surface area (Å²) in [7, 11) is 0. The number of benzene rings is 1. The molecule has 1 heterocycles. The first-order valence-corrected chi connectivity index (χ1v) is 6.63. The van der Waals surface area contributed by atoms with Crippen LogP contribution in [0.2, 0.25) is 0 Å². The van der Waals surface area contributed by atoms with Crippen LogP contribution in [0.4, 0.5) is 0 Å². The molecule has 0 saturated carbocycles. The van der Waals surface area contributed by atoms with Crippen molar-refractivity contribution in [2.75, 3.05) is 18.1 Å². The van der Waals surface area contributed by atoms with E-state index >= 15 is 0 Å². The highest BCUT2D eigenvalue weighted by atomic mass is 32.2. The second-order valence-corrected chi connectivity index (χ2v) is 4.68. The summed E-state index contributed by atoms with van der Waals surface area (Å²) in [4.78, 5) is 0. The molecule has 0 atom stereocenters. The van der Waals surface area contributed by atoms with Crippen LogP contribution in [0.5, 0.6) is 5.75 Å². The zero-order valence-corrected chi connectivity index (χ0v) is 10.4. The predicted octanol–water partition coefficient (Wildman–Crippen LogP) is 2.87. The minimum Gasteiger partial charge on any atom is -0.492 e. The summed E-state index contributed by atoms with van der Waals surface area (Å²) in [6, 6.07) is 7.68. The largest absolute Gasteiger partial charge is 0.492 e. The molecule has 90 valence electrons. The van der Waals surface area contributed by atoms with Crippen molar-refractivity contribution in [3.05, 3.63) is 30.7 Å². The smallest absolute Gasteiger partial charge is 0.251 e. The SMILES string of the molecule is CCSCCOc1ccccc1-c1nnco1. The molecule has 0 bridgehead atoms. The minimum atomic E-state index is 0.490. The van der Waals surface area contributed by atoms with Gasteiger partial charge in [-0.1, -0.05) is 19.1 Å². The second-order valence-electron chi connectivity index (χ2n) is 3.29. The summed E-state index contributed by atoms with van der Waals surface area (Å²) in [5.41, 5.74) is 0.839. The molecule has 0 aliphatic rings. The van der Waals surface area contributed by atoms with Gasteiger partial charge < -0.3 is 9.15 Å². The molecular formula is C12H14N2O2S. The van der Waals surface area contributed by atoms with Gasteiger partial charge in [-0.3, -0.25) is 0 Å². The molecule has 1 aromatic heterocycles. The number of rotatable bonds is 6. The Morgan fingerprint density at radius 3 is 3.00 bits per heavy atom. The van der Waals surface area contributed by atoms with Gasteiger partial charge in [0.1, 0.15) is 5.75 Å². The summed E-state index contributed by atoms with van der Waals surface area (Å²) in [6.07, 6.45) is 1.32. The number of hydrogen-bond donors (Lipinski definition) is 0. The highest BCUT2D eigenvalue weighted by molar-refractivity contribution is 7.99. The van der Waals surface area contributed by atoms with Gasteiger partial charge in [0.05, 0.1) is 12.2 Å². The van der Waals surface area contributed by atoms with E-state index in [0.717, 1.165) is 22.8 Å². The van der Waals surface area contributed by atoms with Crippen LogP contribution < -0.4 is 4.74 Å². The normalized spacial score (nSPS) is 10.4. The molecule has 0 unspecified atom stereocenters. The average molecular weight is 250 g/mol. The van der Waals surface area contributed by atoms with Crippen LogP contribution in [-0.4, -0.2) is 28.3 Å². The molecule has 0 fully saturated rings. The number of aromatic nitrogens is 2. The Kier molecular flexibility index (Phi) is 4.44. The second kappa shape index (κ2) is 6.30. The van der Waals surface area contributed by atoms with Crippen molar-refractivity contribution in [2.24, 2.45) is 0 Å². The lowest BCUT2D eigenvalue weighted by molar-refractivity contribution is 0.344. The summed E-state index contributed by atoms with van der Waals surface area (Å²) in [5, 5.41) is 7.56. The summed E-state index contributed by atoms with van der Waals surface area (Å²) in [6.45, 7) is 2.82. The van der Waals surface area contributed by atoms with Crippen LogP contribution in [0.15, 0.2) is 35.1 Å². The maximum Gasteiger partial charge on any atom is 0.251 e. The molecule has 0 N–H and O–H groups in total. The summed E-state index contributed by atoms with van der Waals surface area (Å²) >= 11 is 1.85. The van der Waals surface area contributed by atoms with E-state index in [1.165, 1.54) is 6.39 Å². The molecule has 2 aromatic rings. The molecule has 17 heavy (non-hydrogen) atoms. The third kappa shape index (κ3) is 3.23. The van der Waals surface area contributed by atoms with Crippen molar-refractivity contribution in [1.29, 1.82) is 0 Å². The van der Waals surface area contributed by atoms with Crippen LogP contribution in [0.1, 0.15) is 6.92 Å². The van der Waals surface area contributed by atoms with Crippen LogP contribution in [-0.2, 0) is 0 Å². The van der Waals surface area contributed by atoms with Crippen LogP contribution in [0, 0.1) is 0 Å². The van der Waals surface area contributed by atoms with E-state index in [0.29, 0.717) is 12.5 Å². The van der Waals surface area contributed by atoms with Crippen molar-refractivity contribution < 1.29 is 9.15 Å². The molecule has 1 aromatic carbocycles. The standard InChI is InChI=1S/C12H14N2O2S/c1-2-17-8-7-15-11-6-4-3-5-10(11)12-14-13-9-16-12/h3-6,9H,2,7-8H2,1H3. The number of hydrogen-bond acceptors (Lipinski definition) is 5. The minimum absolute atomic E-state index is 0.490. The van der Waals surface area contributed by atoms with Gasteiger partial charge in [0.2, 0.25) is 6.39 Å². The van der Waals surface area contributed by atoms with Gasteiger partial charge in [0.15, 0.2) is 0 Å². The molecule has 0 aliphatic heterocycles. The Bertz CT molecular complexity index is 446. The first kappa shape index (κ1) is 12.0. The molecule has 5 heteroatoms. The van der Waals surface area contributed by atoms with Crippen molar-refractivity contribution >= 4 is 11.8 Å². The first-order valence-electron chi connectivity index (χ1n) is 5.48. The van der Waals surface area contributed by atoms with E-state index in [1.54, 1.807) is 0 Å². The van der Waals surface area contributed by atoms with Crippen molar-refractivity contribution in [2.45, 2.75) is 6.92 Å². The molecule has 0 spiro atoms. The third-order valence-corrected chi connectivity index (χ3v) is 3.03. The predicted molar refractivity (Wildman–Crippen MR) is 68.2 cm³/mol. The Morgan fingerprint density at radius 2 is 2.24 bits per heavy atom. The molecule has 0 aliphatic carbocycles. The highest BCUT2D eigenvalue weighted by Gasteiger charge is 2.09. The highest BCUT2D eigenvalue weighted by Crippen LogP contribution is 2.27. The Morgan fingerprint density at radius 1 is 1.35 bits per heavy atom. The van der Waals surface area contributed by atoms with E-state index in [9.17, 15) is 0 Å². The van der Waals surface area contributed by atoms with Gasteiger partial charge in [-0.15, -0.1) is 10.2 Å². The van der Waals surface area contributed by atoms with Gasteiger partial charge in [0, 0.05) is 5.75 Å². The average Bonchev–Trinajstić information content (AvgIpc) is 2.89. The van der Waals surface area contributed by atoms with Crippen LogP contribution in [0.25, 0.3) is 11.5 Å². The number of nitrogens with zero attached hydrogens (tertiary/aromatic N) is 2. The van der Waals surface area contributed by atoms with Gasteiger partial charge in [0.25, 0.3) is 5.89 Å². The lowest BCUT2D eigenvalue weighted by atomic mass is 10.2. The zero-order valence-electron chi connectivity index (χ0n) is 9.63. The molecule has 4 nitrogen and oxygen atoms in total.